The summed E-state index contributed by atoms with van der Waals surface area (Å²) in [5.74, 6) is 2.03. The van der Waals surface area contributed by atoms with Gasteiger partial charge in [-0.3, -0.25) is 4.79 Å². The maximum Gasteiger partial charge on any atom is 0.197 e. The zero-order valence-corrected chi connectivity index (χ0v) is 12.0. The van der Waals surface area contributed by atoms with Gasteiger partial charge in [0.15, 0.2) is 5.78 Å². The van der Waals surface area contributed by atoms with Gasteiger partial charge in [0, 0.05) is 10.0 Å². The molecule has 1 aromatic heterocycles. The number of ether oxygens (including phenoxy) is 1. The van der Waals surface area contributed by atoms with Crippen LogP contribution in [0.25, 0.3) is 0 Å². The SMILES string of the molecule is COc1ccc(C(=O)c2cc(C)oc2C)c(Br)c1. The van der Waals surface area contributed by atoms with Crippen molar-refractivity contribution in [2.75, 3.05) is 7.11 Å². The van der Waals surface area contributed by atoms with Crippen LogP contribution in [0.2, 0.25) is 0 Å². The summed E-state index contributed by atoms with van der Waals surface area (Å²) in [5, 5.41) is 0. The Morgan fingerprint density at radius 1 is 1.22 bits per heavy atom. The summed E-state index contributed by atoms with van der Waals surface area (Å²) in [6.07, 6.45) is 0. The summed E-state index contributed by atoms with van der Waals surface area (Å²) in [6, 6.07) is 7.04. The van der Waals surface area contributed by atoms with E-state index in [1.807, 2.05) is 6.92 Å². The fraction of sp³-hybridized carbons (Fsp3) is 0.214. The zero-order chi connectivity index (χ0) is 13.3. The number of carbonyl (C=O) groups is 1. The lowest BCUT2D eigenvalue weighted by molar-refractivity contribution is 0.103. The lowest BCUT2D eigenvalue weighted by atomic mass is 10.0. The highest BCUT2D eigenvalue weighted by molar-refractivity contribution is 9.10. The number of hydrogen-bond acceptors (Lipinski definition) is 3. The molecule has 0 N–H and O–H groups in total. The van der Waals surface area contributed by atoms with E-state index in [1.165, 1.54) is 0 Å². The van der Waals surface area contributed by atoms with Gasteiger partial charge in [0.25, 0.3) is 0 Å². The highest BCUT2D eigenvalue weighted by Crippen LogP contribution is 2.26. The second kappa shape index (κ2) is 4.98. The average Bonchev–Trinajstić information content (AvgIpc) is 2.67. The van der Waals surface area contributed by atoms with E-state index in [0.717, 1.165) is 5.76 Å². The van der Waals surface area contributed by atoms with Gasteiger partial charge in [0.1, 0.15) is 17.3 Å². The summed E-state index contributed by atoms with van der Waals surface area (Å²) in [5.41, 5.74) is 1.19. The van der Waals surface area contributed by atoms with E-state index in [1.54, 1.807) is 38.3 Å². The number of ketones is 1. The van der Waals surface area contributed by atoms with E-state index in [2.05, 4.69) is 15.9 Å². The average molecular weight is 309 g/mol. The van der Waals surface area contributed by atoms with Gasteiger partial charge in [-0.05, 0) is 54.0 Å². The van der Waals surface area contributed by atoms with Gasteiger partial charge in [-0.15, -0.1) is 0 Å². The first-order valence-corrected chi connectivity index (χ1v) is 6.27. The molecule has 0 bridgehead atoms. The molecular weight excluding hydrogens is 296 g/mol. The van der Waals surface area contributed by atoms with Crippen molar-refractivity contribution in [1.82, 2.24) is 0 Å². The first-order chi connectivity index (χ1) is 8.52. The molecule has 0 spiro atoms. The topological polar surface area (TPSA) is 39.4 Å². The van der Waals surface area contributed by atoms with Crippen molar-refractivity contribution in [2.45, 2.75) is 13.8 Å². The number of carbonyl (C=O) groups excluding carboxylic acids is 1. The van der Waals surface area contributed by atoms with Gasteiger partial charge in [-0.25, -0.2) is 0 Å². The number of halogens is 1. The molecule has 0 fully saturated rings. The number of furan rings is 1. The highest BCUT2D eigenvalue weighted by atomic mass is 79.9. The van der Waals surface area contributed by atoms with Crippen LogP contribution in [-0.2, 0) is 0 Å². The fourth-order valence-electron chi connectivity index (χ4n) is 1.81. The molecule has 0 radical (unpaired) electrons. The molecular formula is C14H13BrO3. The van der Waals surface area contributed by atoms with Gasteiger partial charge >= 0.3 is 0 Å². The van der Waals surface area contributed by atoms with Gasteiger partial charge in [0.05, 0.1) is 12.7 Å². The van der Waals surface area contributed by atoms with Crippen molar-refractivity contribution in [3.63, 3.8) is 0 Å². The van der Waals surface area contributed by atoms with Crippen LogP contribution >= 0.6 is 15.9 Å². The monoisotopic (exact) mass is 308 g/mol. The van der Waals surface area contributed by atoms with E-state index >= 15 is 0 Å². The number of benzene rings is 1. The predicted octanol–water partition coefficient (Wildman–Crippen LogP) is 3.90. The van der Waals surface area contributed by atoms with Gasteiger partial charge < -0.3 is 9.15 Å². The van der Waals surface area contributed by atoms with Crippen LogP contribution in [0, 0.1) is 13.8 Å². The Kier molecular flexibility index (Phi) is 3.57. The standard InChI is InChI=1S/C14H13BrO3/c1-8-6-12(9(2)18-8)14(16)11-5-4-10(17-3)7-13(11)15/h4-7H,1-3H3. The van der Waals surface area contributed by atoms with Crippen LogP contribution in [-0.4, -0.2) is 12.9 Å². The molecule has 2 aromatic rings. The van der Waals surface area contributed by atoms with Crippen molar-refractivity contribution < 1.29 is 13.9 Å². The minimum absolute atomic E-state index is 0.0566. The molecule has 3 nitrogen and oxygen atoms in total. The third kappa shape index (κ3) is 2.34. The van der Waals surface area contributed by atoms with Crippen molar-refractivity contribution in [3.05, 3.63) is 51.4 Å². The Labute approximate surface area is 114 Å². The van der Waals surface area contributed by atoms with Crippen molar-refractivity contribution in [1.29, 1.82) is 0 Å². The Morgan fingerprint density at radius 3 is 2.44 bits per heavy atom. The van der Waals surface area contributed by atoms with Crippen molar-refractivity contribution in [2.24, 2.45) is 0 Å². The molecule has 1 heterocycles. The van der Waals surface area contributed by atoms with Crippen molar-refractivity contribution >= 4 is 21.7 Å². The lowest BCUT2D eigenvalue weighted by Crippen LogP contribution is -2.02. The van der Waals surface area contributed by atoms with E-state index in [-0.39, 0.29) is 5.78 Å². The molecule has 0 aliphatic rings. The number of rotatable bonds is 3. The van der Waals surface area contributed by atoms with Crippen LogP contribution in [0.15, 0.2) is 33.2 Å². The molecule has 2 rings (SSSR count). The minimum atomic E-state index is -0.0566. The Balaban J connectivity index is 2.43. The van der Waals surface area contributed by atoms with Crippen LogP contribution in [0.3, 0.4) is 0 Å². The summed E-state index contributed by atoms with van der Waals surface area (Å²) < 4.78 is 11.2. The van der Waals surface area contributed by atoms with E-state index in [9.17, 15) is 4.79 Å². The van der Waals surface area contributed by atoms with Gasteiger partial charge in [-0.2, -0.15) is 0 Å². The van der Waals surface area contributed by atoms with Gasteiger partial charge in [0.2, 0.25) is 0 Å². The molecule has 0 unspecified atom stereocenters. The second-order valence-electron chi connectivity index (χ2n) is 4.00. The number of aryl methyl sites for hydroxylation is 2. The first kappa shape index (κ1) is 12.9. The molecule has 0 saturated carbocycles. The summed E-state index contributed by atoms with van der Waals surface area (Å²) in [6.45, 7) is 3.62. The predicted molar refractivity (Wildman–Crippen MR) is 72.3 cm³/mol. The maximum absolute atomic E-state index is 12.4. The van der Waals surface area contributed by atoms with Crippen LogP contribution in [0.4, 0.5) is 0 Å². The van der Waals surface area contributed by atoms with E-state index in [0.29, 0.717) is 27.1 Å². The summed E-state index contributed by atoms with van der Waals surface area (Å²) in [4.78, 5) is 12.4. The summed E-state index contributed by atoms with van der Waals surface area (Å²) >= 11 is 3.39. The van der Waals surface area contributed by atoms with E-state index in [4.69, 9.17) is 9.15 Å². The van der Waals surface area contributed by atoms with Crippen LogP contribution in [0.1, 0.15) is 27.4 Å². The second-order valence-corrected chi connectivity index (χ2v) is 4.86. The molecule has 94 valence electrons. The Bertz CT molecular complexity index is 599. The smallest absolute Gasteiger partial charge is 0.197 e. The molecule has 0 aliphatic carbocycles. The highest BCUT2D eigenvalue weighted by Gasteiger charge is 2.18. The quantitative estimate of drug-likeness (QED) is 0.807. The zero-order valence-electron chi connectivity index (χ0n) is 10.4. The minimum Gasteiger partial charge on any atom is -0.497 e. The van der Waals surface area contributed by atoms with Crippen LogP contribution < -0.4 is 4.74 Å². The molecule has 0 atom stereocenters. The molecule has 0 saturated heterocycles. The largest absolute Gasteiger partial charge is 0.497 e. The van der Waals surface area contributed by atoms with Gasteiger partial charge in [-0.1, -0.05) is 0 Å². The molecule has 18 heavy (non-hydrogen) atoms. The third-order valence-corrected chi connectivity index (χ3v) is 3.36. The Hall–Kier alpha value is -1.55. The fourth-order valence-corrected chi connectivity index (χ4v) is 2.35. The Morgan fingerprint density at radius 2 is 1.94 bits per heavy atom. The molecule has 4 heteroatoms. The normalized spacial score (nSPS) is 10.4. The molecule has 0 amide bonds. The maximum atomic E-state index is 12.4. The van der Waals surface area contributed by atoms with Crippen molar-refractivity contribution in [3.8, 4) is 5.75 Å². The van der Waals surface area contributed by atoms with E-state index < -0.39 is 0 Å². The number of hydrogen-bond donors (Lipinski definition) is 0. The lowest BCUT2D eigenvalue weighted by Gasteiger charge is -2.05. The molecule has 0 aliphatic heterocycles. The number of methoxy groups -OCH3 is 1. The summed E-state index contributed by atoms with van der Waals surface area (Å²) in [7, 11) is 1.59. The first-order valence-electron chi connectivity index (χ1n) is 5.48. The van der Waals surface area contributed by atoms with Crippen LogP contribution in [0.5, 0.6) is 5.75 Å². The third-order valence-electron chi connectivity index (χ3n) is 2.71. The molecule has 1 aromatic carbocycles.